The molecule has 1 heterocycles. The third kappa shape index (κ3) is 3.34. The summed E-state index contributed by atoms with van der Waals surface area (Å²) in [6.45, 7) is 0.195. The fourth-order valence-electron chi connectivity index (χ4n) is 2.11. The number of halogens is 5. The molecule has 0 aromatic heterocycles. The van der Waals surface area contributed by atoms with E-state index in [0.29, 0.717) is 15.6 Å². The molecule has 0 saturated carbocycles. The molecule has 0 bridgehead atoms. The Bertz CT molecular complexity index is 848. The van der Waals surface area contributed by atoms with Gasteiger partial charge in [-0.3, -0.25) is 0 Å². The van der Waals surface area contributed by atoms with Crippen LogP contribution in [0.25, 0.3) is 5.57 Å². The number of nitrogens with one attached hydrogen (secondary N) is 1. The summed E-state index contributed by atoms with van der Waals surface area (Å²) in [6.07, 6.45) is 1.58. The van der Waals surface area contributed by atoms with Crippen LogP contribution in [-0.4, -0.2) is 12.6 Å². The summed E-state index contributed by atoms with van der Waals surface area (Å²) in [7, 11) is 0. The molecule has 3 rings (SSSR count). The normalized spacial score (nSPS) is 13.9. The zero-order valence-electron chi connectivity index (χ0n) is 11.9. The summed E-state index contributed by atoms with van der Waals surface area (Å²) in [5.41, 5.74) is 1.37. The van der Waals surface area contributed by atoms with Gasteiger partial charge in [0, 0.05) is 27.4 Å². The molecule has 2 aromatic carbocycles. The number of benzene rings is 2. The van der Waals surface area contributed by atoms with Gasteiger partial charge in [0.1, 0.15) is 10.8 Å². The molecule has 0 aliphatic carbocycles. The number of aliphatic imine (C=N–C) groups is 1. The first-order chi connectivity index (χ1) is 11.5. The number of rotatable bonds is 2. The molecule has 1 aliphatic rings. The molecule has 0 unspecified atom stereocenters. The lowest BCUT2D eigenvalue weighted by atomic mass is 10.1. The number of ether oxygens (including phenoxy) is 1. The molecule has 1 aliphatic heterocycles. The van der Waals surface area contributed by atoms with Crippen molar-refractivity contribution in [3.05, 3.63) is 68.8 Å². The first kappa shape index (κ1) is 17.0. The summed E-state index contributed by atoms with van der Waals surface area (Å²) in [5.74, 6) is -2.02. The van der Waals surface area contributed by atoms with Gasteiger partial charge in [0.25, 0.3) is 6.02 Å². The fourth-order valence-corrected chi connectivity index (χ4v) is 2.95. The summed E-state index contributed by atoms with van der Waals surface area (Å²) in [4.78, 5) is 4.13. The van der Waals surface area contributed by atoms with Gasteiger partial charge >= 0.3 is 0 Å². The smallest absolute Gasteiger partial charge is 0.294 e. The highest BCUT2D eigenvalue weighted by Crippen LogP contribution is 2.33. The predicted octanol–water partition coefficient (Wildman–Crippen LogP) is 5.30. The number of nitrogens with zero attached hydrogens (tertiary/aromatic N) is 1. The Kier molecular flexibility index (Phi) is 4.94. The van der Waals surface area contributed by atoms with Crippen molar-refractivity contribution in [2.24, 2.45) is 4.99 Å². The quantitative estimate of drug-likeness (QED) is 0.707. The molecule has 3 nitrogen and oxygen atoms in total. The van der Waals surface area contributed by atoms with Gasteiger partial charge in [0.2, 0.25) is 0 Å². The largest absolute Gasteiger partial charge is 0.421 e. The molecule has 0 saturated heterocycles. The van der Waals surface area contributed by atoms with Crippen molar-refractivity contribution in [2.75, 3.05) is 6.54 Å². The van der Waals surface area contributed by atoms with E-state index in [0.717, 1.165) is 17.7 Å². The Labute approximate surface area is 151 Å². The SMILES string of the molecule is Fc1ccc(F)c(OC2=NCC(c3c(Cl)cccc3Cl)=CN2)c1Cl. The first-order valence-corrected chi connectivity index (χ1v) is 7.86. The minimum Gasteiger partial charge on any atom is -0.421 e. The van der Waals surface area contributed by atoms with Crippen LogP contribution in [0.4, 0.5) is 8.78 Å². The van der Waals surface area contributed by atoms with E-state index in [1.165, 1.54) is 0 Å². The van der Waals surface area contributed by atoms with Crippen LogP contribution in [0.2, 0.25) is 15.1 Å². The van der Waals surface area contributed by atoms with Crippen LogP contribution >= 0.6 is 34.8 Å². The Hall–Kier alpha value is -1.82. The van der Waals surface area contributed by atoms with Crippen LogP contribution < -0.4 is 10.1 Å². The van der Waals surface area contributed by atoms with Crippen molar-refractivity contribution >= 4 is 46.4 Å². The van der Waals surface area contributed by atoms with E-state index in [2.05, 4.69) is 10.3 Å². The van der Waals surface area contributed by atoms with Crippen molar-refractivity contribution in [1.29, 1.82) is 0 Å². The minimum atomic E-state index is -0.796. The maximum Gasteiger partial charge on any atom is 0.294 e. The molecule has 0 amide bonds. The molecule has 0 spiro atoms. The highest BCUT2D eigenvalue weighted by atomic mass is 35.5. The monoisotopic (exact) mass is 388 g/mol. The van der Waals surface area contributed by atoms with Gasteiger partial charge in [-0.15, -0.1) is 0 Å². The Morgan fingerprint density at radius 3 is 2.29 bits per heavy atom. The van der Waals surface area contributed by atoms with Crippen LogP contribution in [0.15, 0.2) is 41.5 Å². The van der Waals surface area contributed by atoms with Crippen LogP contribution in [0, 0.1) is 11.6 Å². The number of amidine groups is 1. The van der Waals surface area contributed by atoms with Gasteiger partial charge in [-0.25, -0.2) is 13.8 Å². The fraction of sp³-hybridized carbons (Fsp3) is 0.0625. The van der Waals surface area contributed by atoms with E-state index in [1.54, 1.807) is 24.4 Å². The highest BCUT2D eigenvalue weighted by molar-refractivity contribution is 6.37. The standard InChI is InChI=1S/C16H9Cl3F2N2O/c17-9-2-1-3-10(18)13(9)8-6-22-16(23-7-8)24-15-12(21)5-4-11(20)14(15)19/h1-6H,7H2,(H,22,23). The van der Waals surface area contributed by atoms with E-state index in [1.807, 2.05) is 0 Å². The van der Waals surface area contributed by atoms with Gasteiger partial charge in [0.05, 0.1) is 6.54 Å². The average Bonchev–Trinajstić information content (AvgIpc) is 2.56. The molecular formula is C16H9Cl3F2N2O. The van der Waals surface area contributed by atoms with Crippen molar-refractivity contribution in [2.45, 2.75) is 0 Å². The average molecular weight is 390 g/mol. The Morgan fingerprint density at radius 1 is 1.00 bits per heavy atom. The molecular weight excluding hydrogens is 381 g/mol. The molecule has 124 valence electrons. The van der Waals surface area contributed by atoms with Crippen molar-refractivity contribution in [3.8, 4) is 5.75 Å². The molecule has 2 aromatic rings. The first-order valence-electron chi connectivity index (χ1n) is 6.73. The molecule has 0 radical (unpaired) electrons. The lowest BCUT2D eigenvalue weighted by molar-refractivity contribution is 0.468. The third-order valence-electron chi connectivity index (χ3n) is 3.25. The van der Waals surface area contributed by atoms with Gasteiger partial charge in [-0.2, -0.15) is 0 Å². The lowest BCUT2D eigenvalue weighted by Crippen LogP contribution is -2.28. The molecule has 0 atom stereocenters. The van der Waals surface area contributed by atoms with Gasteiger partial charge in [0.15, 0.2) is 11.6 Å². The van der Waals surface area contributed by atoms with E-state index in [9.17, 15) is 8.78 Å². The Morgan fingerprint density at radius 2 is 1.67 bits per heavy atom. The van der Waals surface area contributed by atoms with E-state index >= 15 is 0 Å². The molecule has 8 heteroatoms. The summed E-state index contributed by atoms with van der Waals surface area (Å²) in [6, 6.07) is 6.97. The van der Waals surface area contributed by atoms with Crippen molar-refractivity contribution in [3.63, 3.8) is 0 Å². The molecule has 1 N–H and O–H groups in total. The van der Waals surface area contributed by atoms with Crippen molar-refractivity contribution in [1.82, 2.24) is 5.32 Å². The van der Waals surface area contributed by atoms with Gasteiger partial charge in [-0.1, -0.05) is 40.9 Å². The number of hydrogen-bond donors (Lipinski definition) is 1. The number of hydrogen-bond acceptors (Lipinski definition) is 3. The molecule has 24 heavy (non-hydrogen) atoms. The lowest BCUT2D eigenvalue weighted by Gasteiger charge is -2.17. The minimum absolute atomic E-state index is 0.0201. The van der Waals surface area contributed by atoms with Gasteiger partial charge in [-0.05, 0) is 24.3 Å². The Balaban J connectivity index is 1.80. The highest BCUT2D eigenvalue weighted by Gasteiger charge is 2.19. The van der Waals surface area contributed by atoms with E-state index < -0.39 is 22.4 Å². The molecule has 0 fully saturated rings. The van der Waals surface area contributed by atoms with Crippen molar-refractivity contribution < 1.29 is 13.5 Å². The second-order valence-corrected chi connectivity index (χ2v) is 6.00. The van der Waals surface area contributed by atoms with E-state index in [4.69, 9.17) is 39.5 Å². The second-order valence-electron chi connectivity index (χ2n) is 4.81. The third-order valence-corrected chi connectivity index (χ3v) is 4.23. The summed E-state index contributed by atoms with van der Waals surface area (Å²) < 4.78 is 32.4. The van der Waals surface area contributed by atoms with Crippen LogP contribution in [-0.2, 0) is 0 Å². The van der Waals surface area contributed by atoms with Crippen LogP contribution in [0.5, 0.6) is 5.75 Å². The van der Waals surface area contributed by atoms with Crippen LogP contribution in [0.1, 0.15) is 5.56 Å². The van der Waals surface area contributed by atoms with Gasteiger partial charge < -0.3 is 10.1 Å². The zero-order valence-corrected chi connectivity index (χ0v) is 14.2. The second kappa shape index (κ2) is 6.97. The zero-order chi connectivity index (χ0) is 17.3. The summed E-state index contributed by atoms with van der Waals surface area (Å²) in [5, 5.41) is 3.25. The maximum absolute atomic E-state index is 13.7. The maximum atomic E-state index is 13.7. The van der Waals surface area contributed by atoms with Crippen LogP contribution in [0.3, 0.4) is 0 Å². The predicted molar refractivity (Wildman–Crippen MR) is 91.9 cm³/mol. The van der Waals surface area contributed by atoms with E-state index in [-0.39, 0.29) is 12.6 Å². The summed E-state index contributed by atoms with van der Waals surface area (Å²) >= 11 is 18.0. The topological polar surface area (TPSA) is 33.6 Å².